The maximum Gasteiger partial charge on any atom is 0.361 e. The molecule has 1 N–H and O–H groups in total. The minimum atomic E-state index is -0.405. The maximum atomic E-state index is 12.5. The quantitative estimate of drug-likeness (QED) is 0.634. The van der Waals surface area contributed by atoms with E-state index >= 15 is 0 Å². The number of rotatable bonds is 6. The van der Waals surface area contributed by atoms with E-state index in [9.17, 15) is 9.59 Å². The van der Waals surface area contributed by atoms with Gasteiger partial charge in [0.2, 0.25) is 5.25 Å². The molecule has 1 fully saturated rings. The molecule has 1 saturated heterocycles. The van der Waals surface area contributed by atoms with Crippen molar-refractivity contribution in [3.63, 3.8) is 0 Å². The monoisotopic (exact) mass is 350 g/mol. The molecule has 2 rings (SSSR count). The van der Waals surface area contributed by atoms with Crippen LogP contribution in [0.3, 0.4) is 0 Å². The minimum Gasteiger partial charge on any atom is -0.465 e. The minimum absolute atomic E-state index is 0.00749. The molecule has 0 spiro atoms. The first-order chi connectivity index (χ1) is 11.6. The Labute approximate surface area is 147 Å². The van der Waals surface area contributed by atoms with Crippen molar-refractivity contribution in [3.05, 3.63) is 34.9 Å². The van der Waals surface area contributed by atoms with Crippen LogP contribution in [0.1, 0.15) is 49.8 Å². The molecule has 5 heteroatoms. The molecule has 4 nitrogen and oxygen atoms in total. The van der Waals surface area contributed by atoms with Crippen molar-refractivity contribution in [1.82, 2.24) is 4.72 Å². The first-order valence-corrected chi connectivity index (χ1v) is 10.2. The van der Waals surface area contributed by atoms with Crippen LogP contribution in [0.15, 0.2) is 18.2 Å². The lowest BCUT2D eigenvalue weighted by atomic mass is 9.98. The Morgan fingerprint density at radius 3 is 2.67 bits per heavy atom. The molecule has 132 valence electrons. The maximum absolute atomic E-state index is 12.5. The lowest BCUT2D eigenvalue weighted by molar-refractivity contribution is -0.140. The average molecular weight is 351 g/mol. The van der Waals surface area contributed by atoms with E-state index in [4.69, 9.17) is 4.74 Å². The Balaban J connectivity index is 2.03. The zero-order chi connectivity index (χ0) is 17.5. The number of amides is 1. The number of nitrogens with one attached hydrogen (secondary N) is 1. The van der Waals surface area contributed by atoms with Gasteiger partial charge in [-0.2, -0.15) is 4.72 Å². The van der Waals surface area contributed by atoms with Gasteiger partial charge in [-0.15, -0.1) is 0 Å². The summed E-state index contributed by atoms with van der Waals surface area (Å²) < 4.78 is 8.00. The van der Waals surface area contributed by atoms with Crippen LogP contribution in [0, 0.1) is 0 Å². The average Bonchev–Trinajstić information content (AvgIpc) is 2.61. The van der Waals surface area contributed by atoms with E-state index in [1.165, 1.54) is 18.2 Å². The van der Waals surface area contributed by atoms with Crippen LogP contribution in [-0.4, -0.2) is 30.0 Å². The molecule has 1 aliphatic heterocycles. The zero-order valence-corrected chi connectivity index (χ0v) is 15.7. The number of hydrogen-bond donors (Lipinski definition) is 1. The number of esters is 1. The molecule has 0 radical (unpaired) electrons. The molecule has 0 aromatic heterocycles. The topological polar surface area (TPSA) is 55.4 Å². The third-order valence-corrected chi connectivity index (χ3v) is 6.88. The van der Waals surface area contributed by atoms with E-state index in [2.05, 4.69) is 36.8 Å². The van der Waals surface area contributed by atoms with Crippen LogP contribution in [0.2, 0.25) is 0 Å². The first kappa shape index (κ1) is 18.8. The molecule has 2 atom stereocenters. The van der Waals surface area contributed by atoms with Gasteiger partial charge in [0.25, 0.3) is 5.91 Å². The molecule has 0 aliphatic carbocycles. The Morgan fingerprint density at radius 1 is 1.21 bits per heavy atom. The smallest absolute Gasteiger partial charge is 0.361 e. The Morgan fingerprint density at radius 2 is 2.00 bits per heavy atom. The zero-order valence-electron chi connectivity index (χ0n) is 14.9. The van der Waals surface area contributed by atoms with Crippen molar-refractivity contribution in [2.45, 2.75) is 57.6 Å². The summed E-state index contributed by atoms with van der Waals surface area (Å²) in [6, 6.07) is 6.36. The van der Waals surface area contributed by atoms with Crippen molar-refractivity contribution >= 4 is 23.0 Å². The van der Waals surface area contributed by atoms with Gasteiger partial charge in [0.1, 0.15) is 16.8 Å². The summed E-state index contributed by atoms with van der Waals surface area (Å²) in [5.74, 6) is 0.689. The van der Waals surface area contributed by atoms with Crippen LogP contribution < -0.4 is 4.72 Å². The predicted octanol–water partition coefficient (Wildman–Crippen LogP) is 2.73. The highest BCUT2D eigenvalue weighted by atomic mass is 32.2. The highest BCUT2D eigenvalue weighted by molar-refractivity contribution is 7.96. The van der Waals surface area contributed by atoms with Gasteiger partial charge in [0.15, 0.2) is 0 Å². The summed E-state index contributed by atoms with van der Waals surface area (Å²) in [4.78, 5) is 24.4. The largest absolute Gasteiger partial charge is 0.465 e. The number of aryl methyl sites for hydroxylation is 2. The van der Waals surface area contributed by atoms with Crippen LogP contribution in [0.4, 0.5) is 0 Å². The van der Waals surface area contributed by atoms with Crippen LogP contribution >= 0.6 is 0 Å². The summed E-state index contributed by atoms with van der Waals surface area (Å²) in [7, 11) is 1.42. The summed E-state index contributed by atoms with van der Waals surface area (Å²) in [6.07, 6.45) is 5.20. The Kier molecular flexibility index (Phi) is 7.16. The normalized spacial score (nSPS) is 20.5. The lowest BCUT2D eigenvalue weighted by Crippen LogP contribution is -2.47. The Hall–Kier alpha value is -1.49. The molecule has 0 saturated carbocycles. The number of methoxy groups -OCH3 is 1. The molecule has 1 aromatic carbocycles. The third-order valence-electron chi connectivity index (χ3n) is 4.54. The van der Waals surface area contributed by atoms with Gasteiger partial charge in [-0.25, -0.2) is 4.79 Å². The Bertz CT molecular complexity index is 588. The number of carbonyl (C=O) groups is 2. The van der Waals surface area contributed by atoms with E-state index in [-0.39, 0.29) is 17.1 Å². The van der Waals surface area contributed by atoms with Crippen molar-refractivity contribution in [1.29, 1.82) is 0 Å². The number of ether oxygens (including phenoxy) is 1. The fourth-order valence-corrected chi connectivity index (χ4v) is 5.30. The van der Waals surface area contributed by atoms with E-state index < -0.39 is 11.1 Å². The molecule has 2 unspecified atom stereocenters. The van der Waals surface area contributed by atoms with Crippen LogP contribution in [0.5, 0.6) is 0 Å². The molecule has 0 bridgehead atoms. The van der Waals surface area contributed by atoms with Crippen molar-refractivity contribution in [2.24, 2.45) is 0 Å². The molecule has 1 aliphatic rings. The third kappa shape index (κ3) is 4.76. The predicted molar refractivity (Wildman–Crippen MR) is 98.9 cm³/mol. The highest BCUT2D eigenvalue weighted by Gasteiger charge is 2.42. The van der Waals surface area contributed by atoms with Crippen molar-refractivity contribution < 1.29 is 14.3 Å². The summed E-state index contributed by atoms with van der Waals surface area (Å²) >= 11 is -0.405. The van der Waals surface area contributed by atoms with Gasteiger partial charge >= 0.3 is 5.97 Å². The van der Waals surface area contributed by atoms with E-state index in [0.717, 1.165) is 43.4 Å². The second-order valence-corrected chi connectivity index (χ2v) is 8.19. The summed E-state index contributed by atoms with van der Waals surface area (Å²) in [5.41, 5.74) is 3.62. The molecule has 1 amide bonds. The van der Waals surface area contributed by atoms with E-state index in [1.54, 1.807) is 0 Å². The van der Waals surface area contributed by atoms with Crippen molar-refractivity contribution in [2.75, 3.05) is 12.9 Å². The molecular formula is C19H28NO3S+. The highest BCUT2D eigenvalue weighted by Crippen LogP contribution is 2.21. The van der Waals surface area contributed by atoms with Gasteiger partial charge in [0, 0.05) is 6.42 Å². The van der Waals surface area contributed by atoms with Crippen LogP contribution in [-0.2, 0) is 44.7 Å². The van der Waals surface area contributed by atoms with Crippen LogP contribution in [0.25, 0.3) is 0 Å². The second kappa shape index (κ2) is 9.11. The van der Waals surface area contributed by atoms with E-state index in [0.29, 0.717) is 6.42 Å². The van der Waals surface area contributed by atoms with Crippen molar-refractivity contribution in [3.8, 4) is 0 Å². The fourth-order valence-electron chi connectivity index (χ4n) is 3.12. The van der Waals surface area contributed by atoms with E-state index in [1.807, 2.05) is 0 Å². The lowest BCUT2D eigenvalue weighted by Gasteiger charge is -2.21. The first-order valence-electron chi connectivity index (χ1n) is 8.76. The van der Waals surface area contributed by atoms with Gasteiger partial charge < -0.3 is 4.74 Å². The molecule has 1 aromatic rings. The fraction of sp³-hybridized carbons (Fsp3) is 0.579. The second-order valence-electron chi connectivity index (χ2n) is 6.15. The summed E-state index contributed by atoms with van der Waals surface area (Å²) in [6.45, 7) is 4.25. The molecule has 24 heavy (non-hydrogen) atoms. The molecular weight excluding hydrogens is 322 g/mol. The van der Waals surface area contributed by atoms with Gasteiger partial charge in [-0.1, -0.05) is 32.0 Å². The van der Waals surface area contributed by atoms with Gasteiger partial charge in [-0.05, 0) is 42.4 Å². The molecule has 1 heterocycles. The summed E-state index contributed by atoms with van der Waals surface area (Å²) in [5, 5.41) is -0.180. The number of carbonyl (C=O) groups excluding carboxylic acids is 2. The van der Waals surface area contributed by atoms with Gasteiger partial charge in [0.05, 0.1) is 13.5 Å². The van der Waals surface area contributed by atoms with Gasteiger partial charge in [-0.3, -0.25) is 4.79 Å². The standard InChI is InChI=1S/C19H27NO3S/c1-4-14-9-10-16(15(5-2)12-14)13-18(21)20-24-11-7-6-8-17(24)19(22)23-3/h9-10,12,17H,4-8,11,13H2,1-3H3/p+1. The number of benzene rings is 1. The SMILES string of the molecule is CCc1ccc(CC(=O)N[S+]2CCCCC2C(=O)OC)c(CC)c1. The number of hydrogen-bond acceptors (Lipinski definition) is 3.